The van der Waals surface area contributed by atoms with Crippen molar-refractivity contribution in [3.05, 3.63) is 34.4 Å². The highest BCUT2D eigenvalue weighted by Crippen LogP contribution is 2.17. The van der Waals surface area contributed by atoms with Gasteiger partial charge in [-0.05, 0) is 12.1 Å². The van der Waals surface area contributed by atoms with E-state index in [1.165, 1.54) is 24.3 Å². The average Bonchev–Trinajstić information content (AvgIpc) is 2.04. The summed E-state index contributed by atoms with van der Waals surface area (Å²) in [5, 5.41) is 10.2. The summed E-state index contributed by atoms with van der Waals surface area (Å²) in [4.78, 5) is 19.4. The number of nitro benzene ring substituents is 1. The van der Waals surface area contributed by atoms with Gasteiger partial charge in [0.25, 0.3) is 5.69 Å². The average molecular weight is 246 g/mol. The molecule has 1 rings (SSSR count). The van der Waals surface area contributed by atoms with Crippen molar-refractivity contribution in [2.24, 2.45) is 0 Å². The van der Waals surface area contributed by atoms with Crippen LogP contribution in [0, 0.1) is 10.1 Å². The predicted molar refractivity (Wildman–Crippen MR) is 48.0 cm³/mol. The lowest BCUT2D eigenvalue weighted by Gasteiger charge is -1.97. The number of nitrogens with zero attached hydrogens (tertiary/aromatic N) is 1. The van der Waals surface area contributed by atoms with E-state index < -0.39 is 9.80 Å². The van der Waals surface area contributed by atoms with Gasteiger partial charge in [0, 0.05) is 28.1 Å². The van der Waals surface area contributed by atoms with Gasteiger partial charge >= 0.3 is 4.88 Å². The molecule has 0 fully saturated rings. The lowest BCUT2D eigenvalue weighted by Crippen LogP contribution is -1.95. The SMILES string of the molecule is O=C(Br)Oc1ccc([N+](=O)[O-])cc1. The van der Waals surface area contributed by atoms with Crippen LogP contribution in [0.1, 0.15) is 0 Å². The molecule has 68 valence electrons. The third kappa shape index (κ3) is 2.83. The molecule has 6 heteroatoms. The normalized spacial score (nSPS) is 9.31. The van der Waals surface area contributed by atoms with Crippen LogP contribution in [-0.2, 0) is 0 Å². The fourth-order valence-electron chi connectivity index (χ4n) is 0.729. The molecule has 0 unspecified atom stereocenters. The number of ether oxygens (including phenoxy) is 1. The molecule has 1 aromatic carbocycles. The standard InChI is InChI=1S/C7H4BrNO4/c8-7(10)13-6-3-1-5(2-4-6)9(11)12/h1-4H. The summed E-state index contributed by atoms with van der Waals surface area (Å²) in [5.41, 5.74) is -0.0469. The Morgan fingerprint density at radius 3 is 2.31 bits per heavy atom. The predicted octanol–water partition coefficient (Wildman–Crippen LogP) is 2.49. The van der Waals surface area contributed by atoms with Gasteiger partial charge in [0.05, 0.1) is 4.92 Å². The van der Waals surface area contributed by atoms with Crippen molar-refractivity contribution >= 4 is 26.5 Å². The molecule has 13 heavy (non-hydrogen) atoms. The van der Waals surface area contributed by atoms with Gasteiger partial charge < -0.3 is 4.74 Å². The van der Waals surface area contributed by atoms with Gasteiger partial charge in [-0.1, -0.05) is 0 Å². The maximum absolute atomic E-state index is 10.4. The van der Waals surface area contributed by atoms with E-state index in [2.05, 4.69) is 20.7 Å². The van der Waals surface area contributed by atoms with E-state index in [1.54, 1.807) is 0 Å². The number of hydrogen-bond donors (Lipinski definition) is 0. The zero-order chi connectivity index (χ0) is 9.84. The Morgan fingerprint density at radius 2 is 1.92 bits per heavy atom. The van der Waals surface area contributed by atoms with Crippen molar-refractivity contribution in [3.8, 4) is 5.75 Å². The molecule has 0 heterocycles. The van der Waals surface area contributed by atoms with Gasteiger partial charge in [-0.3, -0.25) is 10.1 Å². The summed E-state index contributed by atoms with van der Waals surface area (Å²) in [6.07, 6.45) is 0. The molecule has 0 N–H and O–H groups in total. The first kappa shape index (κ1) is 9.66. The van der Waals surface area contributed by atoms with Crippen LogP contribution in [0.4, 0.5) is 10.5 Å². The monoisotopic (exact) mass is 245 g/mol. The number of carbonyl (C=O) groups excluding carboxylic acids is 1. The van der Waals surface area contributed by atoms with E-state index in [1.807, 2.05) is 0 Å². The molecule has 0 aliphatic heterocycles. The van der Waals surface area contributed by atoms with Crippen molar-refractivity contribution < 1.29 is 14.5 Å². The second kappa shape index (κ2) is 3.99. The molecular weight excluding hydrogens is 242 g/mol. The van der Waals surface area contributed by atoms with E-state index in [9.17, 15) is 14.9 Å². The number of halogens is 1. The summed E-state index contributed by atoms with van der Waals surface area (Å²) in [6, 6.07) is 5.20. The highest BCUT2D eigenvalue weighted by Gasteiger charge is 2.05. The van der Waals surface area contributed by atoms with Crippen LogP contribution < -0.4 is 4.74 Å². The topological polar surface area (TPSA) is 69.4 Å². The van der Waals surface area contributed by atoms with Gasteiger partial charge in [-0.15, -0.1) is 0 Å². The van der Waals surface area contributed by atoms with Gasteiger partial charge in [0.1, 0.15) is 5.75 Å². The zero-order valence-electron chi connectivity index (χ0n) is 6.27. The van der Waals surface area contributed by atoms with Crippen molar-refractivity contribution in [3.63, 3.8) is 0 Å². The number of non-ortho nitro benzene ring substituents is 1. The molecule has 0 saturated heterocycles. The largest absolute Gasteiger partial charge is 0.418 e. The number of benzene rings is 1. The minimum Gasteiger partial charge on any atom is -0.418 e. The van der Waals surface area contributed by atoms with Crippen molar-refractivity contribution in [1.82, 2.24) is 0 Å². The van der Waals surface area contributed by atoms with E-state index in [0.717, 1.165) is 0 Å². The van der Waals surface area contributed by atoms with E-state index >= 15 is 0 Å². The molecule has 1 aromatic rings. The fourth-order valence-corrected chi connectivity index (χ4v) is 0.915. The Kier molecular flexibility index (Phi) is 2.97. The van der Waals surface area contributed by atoms with Crippen molar-refractivity contribution in [2.75, 3.05) is 0 Å². The first-order chi connectivity index (χ1) is 6.09. The molecule has 0 radical (unpaired) electrons. The number of rotatable bonds is 2. The van der Waals surface area contributed by atoms with Crippen LogP contribution >= 0.6 is 15.9 Å². The minimum atomic E-state index is -0.638. The summed E-state index contributed by atoms with van der Waals surface area (Å²) >= 11 is 2.56. The summed E-state index contributed by atoms with van der Waals surface area (Å²) in [7, 11) is 0. The highest BCUT2D eigenvalue weighted by atomic mass is 79.9. The first-order valence-corrected chi connectivity index (χ1v) is 4.00. The van der Waals surface area contributed by atoms with E-state index in [0.29, 0.717) is 0 Å². The minimum absolute atomic E-state index is 0.0469. The molecule has 0 aromatic heterocycles. The molecule has 5 nitrogen and oxygen atoms in total. The second-order valence-electron chi connectivity index (χ2n) is 2.09. The summed E-state index contributed by atoms with van der Waals surface area (Å²) in [6.45, 7) is 0. The maximum atomic E-state index is 10.4. The van der Waals surface area contributed by atoms with E-state index in [-0.39, 0.29) is 11.4 Å². The second-order valence-corrected chi connectivity index (χ2v) is 2.74. The molecular formula is C7H4BrNO4. The smallest absolute Gasteiger partial charge is 0.379 e. The molecule has 0 bridgehead atoms. The molecule has 0 spiro atoms. The molecule has 0 atom stereocenters. The highest BCUT2D eigenvalue weighted by molar-refractivity contribution is 9.18. The Morgan fingerprint density at radius 1 is 1.38 bits per heavy atom. The fraction of sp³-hybridized carbons (Fsp3) is 0. The Balaban J connectivity index is 2.81. The van der Waals surface area contributed by atoms with Gasteiger partial charge in [-0.2, -0.15) is 0 Å². The van der Waals surface area contributed by atoms with Gasteiger partial charge in [0.15, 0.2) is 0 Å². The van der Waals surface area contributed by atoms with Crippen molar-refractivity contribution in [2.45, 2.75) is 0 Å². The van der Waals surface area contributed by atoms with Crippen LogP contribution in [-0.4, -0.2) is 9.80 Å². The Labute approximate surface area is 81.6 Å². The van der Waals surface area contributed by atoms with Crippen LogP contribution in [0.3, 0.4) is 0 Å². The van der Waals surface area contributed by atoms with Crippen LogP contribution in [0.25, 0.3) is 0 Å². The third-order valence-corrected chi connectivity index (χ3v) is 1.41. The van der Waals surface area contributed by atoms with Crippen LogP contribution in [0.5, 0.6) is 5.75 Å². The molecule has 0 aliphatic carbocycles. The first-order valence-electron chi connectivity index (χ1n) is 3.21. The Bertz CT molecular complexity index is 335. The number of nitro groups is 1. The molecule has 0 aliphatic rings. The third-order valence-electron chi connectivity index (χ3n) is 1.25. The zero-order valence-corrected chi connectivity index (χ0v) is 7.85. The van der Waals surface area contributed by atoms with Crippen LogP contribution in [0.2, 0.25) is 0 Å². The summed E-state index contributed by atoms with van der Waals surface area (Å²) in [5.74, 6) is 0.257. The quantitative estimate of drug-likeness (QED) is 0.456. The maximum Gasteiger partial charge on any atom is 0.379 e. The van der Waals surface area contributed by atoms with E-state index in [4.69, 9.17) is 0 Å². The molecule has 0 saturated carbocycles. The number of hydrogen-bond acceptors (Lipinski definition) is 4. The van der Waals surface area contributed by atoms with Crippen LogP contribution in [0.15, 0.2) is 24.3 Å². The Hall–Kier alpha value is -1.43. The summed E-state index contributed by atoms with van der Waals surface area (Å²) < 4.78 is 4.60. The lowest BCUT2D eigenvalue weighted by atomic mass is 10.3. The van der Waals surface area contributed by atoms with Crippen molar-refractivity contribution in [1.29, 1.82) is 0 Å². The number of carbonyl (C=O) groups is 1. The lowest BCUT2D eigenvalue weighted by molar-refractivity contribution is -0.384. The van der Waals surface area contributed by atoms with Gasteiger partial charge in [-0.25, -0.2) is 4.79 Å². The van der Waals surface area contributed by atoms with Gasteiger partial charge in [0.2, 0.25) is 0 Å². The molecule has 0 amide bonds.